The normalized spacial score (nSPS) is 27.2. The maximum atomic E-state index is 10.1. The van der Waals surface area contributed by atoms with Gasteiger partial charge in [0.2, 0.25) is 0 Å². The van der Waals surface area contributed by atoms with Crippen LogP contribution in [0.4, 0.5) is 0 Å². The maximum absolute atomic E-state index is 10.1. The number of rotatable bonds is 0. The van der Waals surface area contributed by atoms with Crippen molar-refractivity contribution in [2.45, 2.75) is 41.4 Å². The van der Waals surface area contributed by atoms with E-state index in [2.05, 4.69) is 22.0 Å². The molecule has 15 heavy (non-hydrogen) atoms. The SMILES string of the molecule is O[C@@H]1CC2(CCC2)Sc2cc(Br)ccc21. The van der Waals surface area contributed by atoms with E-state index >= 15 is 0 Å². The summed E-state index contributed by atoms with van der Waals surface area (Å²) in [6.45, 7) is 0. The van der Waals surface area contributed by atoms with Crippen molar-refractivity contribution in [3.63, 3.8) is 0 Å². The summed E-state index contributed by atoms with van der Waals surface area (Å²) in [4.78, 5) is 1.27. The van der Waals surface area contributed by atoms with Crippen LogP contribution in [0.5, 0.6) is 0 Å². The maximum Gasteiger partial charge on any atom is 0.0814 e. The molecule has 1 heterocycles. The molecule has 3 heteroatoms. The van der Waals surface area contributed by atoms with Gasteiger partial charge in [-0.05, 0) is 37.0 Å². The van der Waals surface area contributed by atoms with Crippen LogP contribution in [0.15, 0.2) is 27.6 Å². The Morgan fingerprint density at radius 3 is 2.87 bits per heavy atom. The zero-order valence-corrected chi connectivity index (χ0v) is 10.8. The van der Waals surface area contributed by atoms with E-state index in [0.29, 0.717) is 4.75 Å². The average molecular weight is 285 g/mol. The molecule has 1 aromatic carbocycles. The van der Waals surface area contributed by atoms with Crippen LogP contribution in [0.25, 0.3) is 0 Å². The summed E-state index contributed by atoms with van der Waals surface area (Å²) in [6, 6.07) is 6.20. The Morgan fingerprint density at radius 2 is 2.20 bits per heavy atom. The van der Waals surface area contributed by atoms with Crippen LogP contribution in [0.1, 0.15) is 37.4 Å². The highest BCUT2D eigenvalue weighted by Crippen LogP contribution is 2.57. The lowest BCUT2D eigenvalue weighted by Gasteiger charge is -2.46. The minimum absolute atomic E-state index is 0.255. The third-order valence-electron chi connectivity index (χ3n) is 3.49. The summed E-state index contributed by atoms with van der Waals surface area (Å²) in [5, 5.41) is 10.1. The standard InChI is InChI=1S/C12H13BrOS/c13-8-2-3-9-10(14)7-12(4-1-5-12)15-11(9)6-8/h2-3,6,10,14H,1,4-5,7H2/t10-/m1/s1. The van der Waals surface area contributed by atoms with E-state index in [1.165, 1.54) is 24.2 Å². The molecular formula is C12H13BrOS. The molecule has 3 rings (SSSR count). The Hall–Kier alpha value is 0.01000. The van der Waals surface area contributed by atoms with Gasteiger partial charge >= 0.3 is 0 Å². The molecule has 80 valence electrons. The monoisotopic (exact) mass is 284 g/mol. The number of thioether (sulfide) groups is 1. The molecule has 1 fully saturated rings. The summed E-state index contributed by atoms with van der Waals surface area (Å²) >= 11 is 5.47. The molecule has 1 spiro atoms. The second kappa shape index (κ2) is 3.51. The minimum atomic E-state index is -0.255. The first-order valence-corrected chi connectivity index (χ1v) is 6.96. The van der Waals surface area contributed by atoms with Gasteiger partial charge in [0.05, 0.1) is 6.10 Å². The molecular weight excluding hydrogens is 272 g/mol. The third kappa shape index (κ3) is 1.65. The van der Waals surface area contributed by atoms with E-state index in [9.17, 15) is 5.11 Å². The number of hydrogen-bond donors (Lipinski definition) is 1. The molecule has 0 saturated heterocycles. The smallest absolute Gasteiger partial charge is 0.0814 e. The van der Waals surface area contributed by atoms with Crippen LogP contribution in [0.3, 0.4) is 0 Å². The van der Waals surface area contributed by atoms with Crippen molar-refractivity contribution >= 4 is 27.7 Å². The molecule has 2 aliphatic rings. The number of benzene rings is 1. The average Bonchev–Trinajstić information content (AvgIpc) is 2.14. The summed E-state index contributed by atoms with van der Waals surface area (Å²) in [5.41, 5.74) is 1.11. The topological polar surface area (TPSA) is 20.2 Å². The quantitative estimate of drug-likeness (QED) is 0.780. The summed E-state index contributed by atoms with van der Waals surface area (Å²) < 4.78 is 1.46. The van der Waals surface area contributed by atoms with Crippen molar-refractivity contribution in [3.05, 3.63) is 28.2 Å². The summed E-state index contributed by atoms with van der Waals surface area (Å²) in [7, 11) is 0. The van der Waals surface area contributed by atoms with Gasteiger partial charge in [0.1, 0.15) is 0 Å². The van der Waals surface area contributed by atoms with Crippen molar-refractivity contribution in [3.8, 4) is 0 Å². The predicted molar refractivity (Wildman–Crippen MR) is 66.2 cm³/mol. The van der Waals surface area contributed by atoms with Gasteiger partial charge in [-0.3, -0.25) is 0 Å². The molecule has 1 N–H and O–H groups in total. The molecule has 1 aliphatic heterocycles. The van der Waals surface area contributed by atoms with Crippen LogP contribution in [-0.4, -0.2) is 9.85 Å². The molecule has 1 nitrogen and oxygen atoms in total. The number of hydrogen-bond acceptors (Lipinski definition) is 2. The van der Waals surface area contributed by atoms with E-state index in [1.54, 1.807) is 0 Å². The Kier molecular flexibility index (Phi) is 2.38. The van der Waals surface area contributed by atoms with Gasteiger partial charge in [0, 0.05) is 14.1 Å². The highest BCUT2D eigenvalue weighted by atomic mass is 79.9. The minimum Gasteiger partial charge on any atom is -0.388 e. The van der Waals surface area contributed by atoms with E-state index in [4.69, 9.17) is 0 Å². The summed E-state index contributed by atoms with van der Waals surface area (Å²) in [6.07, 6.45) is 4.53. The van der Waals surface area contributed by atoms with Crippen molar-refractivity contribution in [2.24, 2.45) is 0 Å². The first-order chi connectivity index (χ1) is 7.19. The Balaban J connectivity index is 2.01. The van der Waals surface area contributed by atoms with Crippen molar-refractivity contribution in [1.29, 1.82) is 0 Å². The molecule has 1 atom stereocenters. The van der Waals surface area contributed by atoms with Gasteiger partial charge in [0.15, 0.2) is 0 Å². The van der Waals surface area contributed by atoms with E-state index in [1.807, 2.05) is 23.9 Å². The number of aliphatic hydroxyl groups excluding tert-OH is 1. The van der Waals surface area contributed by atoms with Crippen LogP contribution in [0.2, 0.25) is 0 Å². The molecule has 1 aliphatic carbocycles. The number of halogens is 1. The predicted octanol–water partition coefficient (Wildman–Crippen LogP) is 3.90. The Bertz CT molecular complexity index is 401. The van der Waals surface area contributed by atoms with Crippen molar-refractivity contribution < 1.29 is 5.11 Å². The van der Waals surface area contributed by atoms with Gasteiger partial charge < -0.3 is 5.11 Å². The van der Waals surface area contributed by atoms with Gasteiger partial charge in [-0.15, -0.1) is 11.8 Å². The zero-order chi connectivity index (χ0) is 10.5. The highest BCUT2D eigenvalue weighted by Gasteiger charge is 2.43. The van der Waals surface area contributed by atoms with Gasteiger partial charge in [-0.2, -0.15) is 0 Å². The van der Waals surface area contributed by atoms with E-state index < -0.39 is 0 Å². The number of fused-ring (bicyclic) bond motifs is 1. The van der Waals surface area contributed by atoms with Crippen LogP contribution in [-0.2, 0) is 0 Å². The molecule has 0 unspecified atom stereocenters. The molecule has 1 aromatic rings. The summed E-state index contributed by atoms with van der Waals surface area (Å²) in [5.74, 6) is 0. The molecule has 1 saturated carbocycles. The second-order valence-electron chi connectivity index (χ2n) is 4.54. The third-order valence-corrected chi connectivity index (χ3v) is 5.57. The molecule has 0 aromatic heterocycles. The molecule has 0 bridgehead atoms. The lowest BCUT2D eigenvalue weighted by atomic mass is 9.79. The van der Waals surface area contributed by atoms with Crippen LogP contribution >= 0.6 is 27.7 Å². The van der Waals surface area contributed by atoms with Gasteiger partial charge in [-0.25, -0.2) is 0 Å². The fourth-order valence-corrected chi connectivity index (χ4v) is 4.71. The van der Waals surface area contributed by atoms with Crippen LogP contribution < -0.4 is 0 Å². The highest BCUT2D eigenvalue weighted by molar-refractivity contribution is 9.10. The lowest BCUT2D eigenvalue weighted by Crippen LogP contribution is -2.37. The zero-order valence-electron chi connectivity index (χ0n) is 8.37. The van der Waals surface area contributed by atoms with E-state index in [-0.39, 0.29) is 6.10 Å². The van der Waals surface area contributed by atoms with E-state index in [0.717, 1.165) is 16.5 Å². The van der Waals surface area contributed by atoms with Gasteiger partial charge in [0.25, 0.3) is 0 Å². The molecule has 0 amide bonds. The first kappa shape index (κ1) is 10.2. The molecule has 0 radical (unpaired) electrons. The lowest BCUT2D eigenvalue weighted by molar-refractivity contribution is 0.125. The van der Waals surface area contributed by atoms with Crippen LogP contribution in [0, 0.1) is 0 Å². The number of aliphatic hydroxyl groups is 1. The van der Waals surface area contributed by atoms with Crippen molar-refractivity contribution in [1.82, 2.24) is 0 Å². The van der Waals surface area contributed by atoms with Gasteiger partial charge in [-0.1, -0.05) is 28.4 Å². The van der Waals surface area contributed by atoms with Crippen molar-refractivity contribution in [2.75, 3.05) is 0 Å². The second-order valence-corrected chi connectivity index (χ2v) is 6.97. The fraction of sp³-hybridized carbons (Fsp3) is 0.500. The Labute approximate surface area is 102 Å². The Morgan fingerprint density at radius 1 is 1.40 bits per heavy atom. The largest absolute Gasteiger partial charge is 0.388 e. The first-order valence-electron chi connectivity index (χ1n) is 5.35. The fourth-order valence-electron chi connectivity index (χ4n) is 2.49.